The minimum atomic E-state index is -2.00. The molecule has 2 heterocycles. The molecular formula is C32H52ClN6O10P. The van der Waals surface area contributed by atoms with Gasteiger partial charge in [-0.05, 0) is 41.7 Å². The third-order valence-corrected chi connectivity index (χ3v) is 8.80. The van der Waals surface area contributed by atoms with Crippen molar-refractivity contribution in [2.75, 3.05) is 59.0 Å². The first-order valence-electron chi connectivity index (χ1n) is 16.6. The van der Waals surface area contributed by atoms with E-state index in [0.29, 0.717) is 36.0 Å². The lowest BCUT2D eigenvalue weighted by atomic mass is 9.99. The third kappa shape index (κ3) is 15.1. The van der Waals surface area contributed by atoms with Gasteiger partial charge in [-0.3, -0.25) is 13.8 Å². The van der Waals surface area contributed by atoms with Crippen molar-refractivity contribution in [3.63, 3.8) is 0 Å². The fraction of sp³-hybridized carbons (Fsp3) is 0.750. The topological polar surface area (TPSA) is 175 Å². The highest BCUT2D eigenvalue weighted by Crippen LogP contribution is 2.38. The Morgan fingerprint density at radius 3 is 2.10 bits per heavy atom. The Kier molecular flexibility index (Phi) is 16.2. The molecule has 1 aliphatic carbocycles. The van der Waals surface area contributed by atoms with Gasteiger partial charge in [0.2, 0.25) is 24.8 Å². The fourth-order valence-corrected chi connectivity index (χ4v) is 5.90. The summed E-state index contributed by atoms with van der Waals surface area (Å²) < 4.78 is 38.8. The van der Waals surface area contributed by atoms with E-state index in [2.05, 4.69) is 20.3 Å². The molecule has 0 bridgehead atoms. The second kappa shape index (κ2) is 19.5. The number of hydrogen-bond acceptors (Lipinski definition) is 14. The molecule has 50 heavy (non-hydrogen) atoms. The first kappa shape index (κ1) is 41.4. The van der Waals surface area contributed by atoms with Crippen molar-refractivity contribution in [2.24, 2.45) is 10.8 Å². The maximum Gasteiger partial charge on any atom is 0.510 e. The number of methoxy groups -OCH3 is 1. The van der Waals surface area contributed by atoms with Crippen molar-refractivity contribution in [3.8, 4) is 0 Å². The van der Waals surface area contributed by atoms with E-state index in [-0.39, 0.29) is 54.0 Å². The van der Waals surface area contributed by atoms with Gasteiger partial charge >= 0.3 is 12.3 Å². The number of carbonyl (C=O) groups excluding carboxylic acids is 3. The van der Waals surface area contributed by atoms with Crippen LogP contribution < -0.4 is 5.32 Å². The molecule has 18 heteroatoms. The first-order valence-corrected chi connectivity index (χ1v) is 18.3. The highest BCUT2D eigenvalue weighted by molar-refractivity contribution is 7.48. The molecule has 0 spiro atoms. The Morgan fingerprint density at radius 1 is 0.980 bits per heavy atom. The van der Waals surface area contributed by atoms with Crippen LogP contribution in [-0.2, 0) is 44.1 Å². The summed E-state index contributed by atoms with van der Waals surface area (Å²) >= 11 is 6.28. The molecule has 282 valence electrons. The maximum atomic E-state index is 13.3. The maximum absolute atomic E-state index is 13.3. The molecule has 1 fully saturated rings. The van der Waals surface area contributed by atoms with Gasteiger partial charge in [0, 0.05) is 33.3 Å². The van der Waals surface area contributed by atoms with Gasteiger partial charge in [-0.2, -0.15) is 9.97 Å². The minimum absolute atomic E-state index is 0.133. The van der Waals surface area contributed by atoms with Gasteiger partial charge < -0.3 is 38.5 Å². The number of likely N-dealkylation sites (N-methyl/N-ethyl adjacent to an activating group) is 1. The van der Waals surface area contributed by atoms with Crippen molar-refractivity contribution in [2.45, 2.75) is 92.3 Å². The molecule has 1 aliphatic rings. The fourth-order valence-electron chi connectivity index (χ4n) is 4.68. The zero-order valence-corrected chi connectivity index (χ0v) is 32.0. The van der Waals surface area contributed by atoms with E-state index in [1.165, 1.54) is 17.7 Å². The number of rotatable bonds is 18. The Labute approximate surface area is 300 Å². The number of aryl methyl sites for hydroxylation is 1. The van der Waals surface area contributed by atoms with Crippen LogP contribution in [0.15, 0.2) is 6.33 Å². The van der Waals surface area contributed by atoms with Gasteiger partial charge in [0.15, 0.2) is 25.4 Å². The van der Waals surface area contributed by atoms with E-state index in [0.717, 1.165) is 12.8 Å². The summed E-state index contributed by atoms with van der Waals surface area (Å²) in [4.78, 5) is 52.0. The zero-order chi connectivity index (χ0) is 36.9. The molecule has 0 aromatic carbocycles. The van der Waals surface area contributed by atoms with Gasteiger partial charge in [-0.1, -0.05) is 54.4 Å². The molecule has 1 amide bonds. The minimum Gasteiger partial charge on any atom is -0.434 e. The van der Waals surface area contributed by atoms with Gasteiger partial charge in [0.05, 0.1) is 31.8 Å². The molecule has 0 aliphatic heterocycles. The number of nitrogens with one attached hydrogen (secondary N) is 1. The van der Waals surface area contributed by atoms with E-state index in [4.69, 9.17) is 44.3 Å². The Balaban J connectivity index is 1.55. The summed E-state index contributed by atoms with van der Waals surface area (Å²) in [6, 6.07) is 0.335. The number of imidazole rings is 1. The van der Waals surface area contributed by atoms with Crippen LogP contribution in [0.2, 0.25) is 5.28 Å². The summed E-state index contributed by atoms with van der Waals surface area (Å²) in [6.45, 7) is 11.4. The smallest absolute Gasteiger partial charge is 0.434 e. The van der Waals surface area contributed by atoms with Crippen LogP contribution in [0.3, 0.4) is 0 Å². The molecular weight excluding hydrogens is 695 g/mol. The number of amides is 1. The molecule has 1 atom stereocenters. The molecule has 3 rings (SSSR count). The van der Waals surface area contributed by atoms with E-state index in [9.17, 15) is 14.4 Å². The monoisotopic (exact) mass is 746 g/mol. The van der Waals surface area contributed by atoms with Crippen LogP contribution in [-0.4, -0.2) is 108 Å². The second-order valence-electron chi connectivity index (χ2n) is 14.5. The average molecular weight is 747 g/mol. The first-order chi connectivity index (χ1) is 23.5. The summed E-state index contributed by atoms with van der Waals surface area (Å²) in [6.07, 6.45) is 4.31. The predicted octanol–water partition coefficient (Wildman–Crippen LogP) is 6.36. The van der Waals surface area contributed by atoms with Crippen LogP contribution in [0.25, 0.3) is 11.2 Å². The molecule has 0 radical (unpaired) electrons. The highest BCUT2D eigenvalue weighted by Gasteiger charge is 2.25. The number of ether oxygens (including phenoxy) is 5. The number of aromatic nitrogens is 4. The molecule has 16 nitrogen and oxygen atoms in total. The van der Waals surface area contributed by atoms with Crippen molar-refractivity contribution in [1.82, 2.24) is 24.4 Å². The summed E-state index contributed by atoms with van der Waals surface area (Å²) in [5, 5.41) is 3.60. The third-order valence-electron chi connectivity index (χ3n) is 7.32. The van der Waals surface area contributed by atoms with Crippen molar-refractivity contribution >= 4 is 55.2 Å². The van der Waals surface area contributed by atoms with Crippen LogP contribution in [0.4, 0.5) is 15.4 Å². The second-order valence-corrected chi connectivity index (χ2v) is 16.3. The lowest BCUT2D eigenvalue weighted by Crippen LogP contribution is -2.37. The van der Waals surface area contributed by atoms with Crippen LogP contribution in [0.1, 0.15) is 73.6 Å². The predicted molar refractivity (Wildman–Crippen MR) is 187 cm³/mol. The number of hydrogen-bond donors (Lipinski definition) is 1. The van der Waals surface area contributed by atoms with Crippen molar-refractivity contribution < 1.29 is 47.1 Å². The Morgan fingerprint density at radius 2 is 1.56 bits per heavy atom. The average Bonchev–Trinajstić information content (AvgIpc) is 3.70. The molecule has 2 aromatic rings. The number of halogens is 1. The summed E-state index contributed by atoms with van der Waals surface area (Å²) in [7, 11) is 1.20. The van der Waals surface area contributed by atoms with Crippen LogP contribution >= 0.6 is 20.0 Å². The van der Waals surface area contributed by atoms with E-state index < -0.39 is 34.3 Å². The zero-order valence-electron chi connectivity index (χ0n) is 30.4. The largest absolute Gasteiger partial charge is 0.510 e. The van der Waals surface area contributed by atoms with E-state index in [1.54, 1.807) is 20.5 Å². The lowest BCUT2D eigenvalue weighted by molar-refractivity contribution is -0.129. The molecule has 1 saturated carbocycles. The van der Waals surface area contributed by atoms with Gasteiger partial charge in [-0.25, -0.2) is 14.6 Å². The van der Waals surface area contributed by atoms with Crippen LogP contribution in [0, 0.1) is 10.8 Å². The van der Waals surface area contributed by atoms with E-state index >= 15 is 0 Å². The highest BCUT2D eigenvalue weighted by atomic mass is 35.5. The summed E-state index contributed by atoms with van der Waals surface area (Å²) in [5.74, 6) is 0.290. The number of nitrogens with zero attached hydrogens (tertiary/aromatic N) is 5. The molecule has 1 N–H and O–H groups in total. The Bertz CT molecular complexity index is 1360. The SMILES string of the molecule is COC(CCn1cnc2c(NC3CCCC3)nc(Cl)nc21)CN(C)C(=O)CP(OCOC(=O)OCC(C)(C)C)OCOC(=O)OCC(C)(C)C. The van der Waals surface area contributed by atoms with Gasteiger partial charge in [0.25, 0.3) is 0 Å². The summed E-state index contributed by atoms with van der Waals surface area (Å²) in [5.41, 5.74) is 0.749. The number of fused-ring (bicyclic) bond motifs is 1. The molecule has 2 aromatic heterocycles. The van der Waals surface area contributed by atoms with E-state index in [1.807, 2.05) is 46.1 Å². The van der Waals surface area contributed by atoms with Gasteiger partial charge in [-0.15, -0.1) is 0 Å². The van der Waals surface area contributed by atoms with Gasteiger partial charge in [0.1, 0.15) is 0 Å². The standard InChI is InChI=1S/C32H52ClN6O10P/c1-31(2,3)17-44-29(41)46-20-48-50(49-21-47-30(42)45-18-32(4,5)6)16-24(40)38(7)15-23(43-8)13-14-39-19-34-25-26(35-22-11-9-10-12-22)36-28(33)37-27(25)39/h19,22-23H,9-18,20-21H2,1-8H3,(H,35,36,37). The number of carbonyl (C=O) groups is 3. The molecule has 0 saturated heterocycles. The normalized spacial score (nSPS) is 14.5. The van der Waals surface area contributed by atoms with Crippen LogP contribution in [0.5, 0.6) is 0 Å². The molecule has 1 unspecified atom stereocenters. The van der Waals surface area contributed by atoms with Crippen molar-refractivity contribution in [1.29, 1.82) is 0 Å². The number of anilines is 1. The lowest BCUT2D eigenvalue weighted by Gasteiger charge is -2.25. The quantitative estimate of drug-likeness (QED) is 0.0772. The Hall–Kier alpha value is -3.04. The van der Waals surface area contributed by atoms with Crippen molar-refractivity contribution in [3.05, 3.63) is 11.6 Å².